The number of oxazole rings is 1. The average molecular weight is 250 g/mol. The summed E-state index contributed by atoms with van der Waals surface area (Å²) in [5, 5.41) is 5.53. The van der Waals surface area contributed by atoms with Gasteiger partial charge in [0.1, 0.15) is 17.8 Å². The van der Waals surface area contributed by atoms with Crippen molar-refractivity contribution in [2.24, 2.45) is 0 Å². The van der Waals surface area contributed by atoms with Crippen molar-refractivity contribution < 1.29 is 14.0 Å². The first-order valence-electron chi connectivity index (χ1n) is 5.92. The van der Waals surface area contributed by atoms with Crippen molar-refractivity contribution in [2.75, 3.05) is 5.73 Å². The SMILES string of the molecule is Nc1coc(CC2NC(=O)C3(CCC3)NC2=O)n1. The maximum absolute atomic E-state index is 11.9. The molecule has 2 fully saturated rings. The summed E-state index contributed by atoms with van der Waals surface area (Å²) >= 11 is 0. The molecule has 96 valence electrons. The molecule has 1 saturated carbocycles. The van der Waals surface area contributed by atoms with Gasteiger partial charge in [-0.05, 0) is 19.3 Å². The second-order valence-corrected chi connectivity index (χ2v) is 4.82. The highest BCUT2D eigenvalue weighted by molar-refractivity contribution is 6.00. The number of anilines is 1. The normalized spacial score (nSPS) is 25.4. The van der Waals surface area contributed by atoms with Gasteiger partial charge in [0, 0.05) is 0 Å². The summed E-state index contributed by atoms with van der Waals surface area (Å²) in [5.74, 6) is 0.310. The molecule has 1 aliphatic carbocycles. The van der Waals surface area contributed by atoms with Crippen LogP contribution in [0.15, 0.2) is 10.7 Å². The number of nitrogens with zero attached hydrogens (tertiary/aromatic N) is 1. The molecule has 1 saturated heterocycles. The minimum atomic E-state index is -0.663. The Kier molecular flexibility index (Phi) is 2.29. The molecular formula is C11H14N4O3. The van der Waals surface area contributed by atoms with Crippen molar-refractivity contribution >= 4 is 17.6 Å². The fraction of sp³-hybridized carbons (Fsp3) is 0.545. The van der Waals surface area contributed by atoms with Crippen LogP contribution in [-0.4, -0.2) is 28.4 Å². The number of piperazine rings is 1. The number of nitrogens with two attached hydrogens (primary N) is 1. The second-order valence-electron chi connectivity index (χ2n) is 4.82. The number of nitrogens with one attached hydrogen (secondary N) is 2. The van der Waals surface area contributed by atoms with E-state index in [0.717, 1.165) is 6.42 Å². The standard InChI is InChI=1S/C11H14N4O3/c12-7-5-18-8(14-7)4-6-9(16)15-11(2-1-3-11)10(17)13-6/h5-6H,1-4,12H2,(H,13,17)(H,15,16). The third kappa shape index (κ3) is 1.62. The Labute approximate surface area is 103 Å². The third-order valence-electron chi connectivity index (χ3n) is 3.57. The molecule has 0 bridgehead atoms. The summed E-state index contributed by atoms with van der Waals surface area (Å²) in [6, 6.07) is -0.637. The molecule has 2 amide bonds. The Bertz CT molecular complexity index is 506. The number of hydrogen-bond acceptors (Lipinski definition) is 5. The molecule has 1 atom stereocenters. The minimum Gasteiger partial charge on any atom is -0.447 e. The summed E-state index contributed by atoms with van der Waals surface area (Å²) in [6.07, 6.45) is 3.91. The first-order chi connectivity index (χ1) is 8.59. The van der Waals surface area contributed by atoms with Gasteiger partial charge < -0.3 is 20.8 Å². The van der Waals surface area contributed by atoms with Gasteiger partial charge in [0.25, 0.3) is 0 Å². The van der Waals surface area contributed by atoms with Crippen molar-refractivity contribution in [3.8, 4) is 0 Å². The summed E-state index contributed by atoms with van der Waals surface area (Å²) in [6.45, 7) is 0. The fourth-order valence-electron chi connectivity index (χ4n) is 2.36. The molecule has 1 spiro atoms. The second kappa shape index (κ2) is 3.72. The first kappa shape index (κ1) is 11.1. The lowest BCUT2D eigenvalue weighted by molar-refractivity contribution is -0.145. The van der Waals surface area contributed by atoms with Crippen molar-refractivity contribution in [2.45, 2.75) is 37.3 Å². The van der Waals surface area contributed by atoms with Crippen LogP contribution in [0, 0.1) is 0 Å². The average Bonchev–Trinajstić information content (AvgIpc) is 2.66. The minimum absolute atomic E-state index is 0.113. The lowest BCUT2D eigenvalue weighted by Crippen LogP contribution is -2.72. The van der Waals surface area contributed by atoms with Gasteiger partial charge in [-0.3, -0.25) is 9.59 Å². The molecule has 0 radical (unpaired) electrons. The maximum atomic E-state index is 11.9. The third-order valence-corrected chi connectivity index (χ3v) is 3.57. The molecule has 1 aromatic rings. The van der Waals surface area contributed by atoms with E-state index in [1.807, 2.05) is 0 Å². The van der Waals surface area contributed by atoms with Crippen LogP contribution in [0.25, 0.3) is 0 Å². The molecule has 4 N–H and O–H groups in total. The van der Waals surface area contributed by atoms with E-state index in [2.05, 4.69) is 15.6 Å². The molecule has 2 aliphatic rings. The van der Waals surface area contributed by atoms with Gasteiger partial charge >= 0.3 is 0 Å². The van der Waals surface area contributed by atoms with E-state index < -0.39 is 11.6 Å². The van der Waals surface area contributed by atoms with Crippen LogP contribution >= 0.6 is 0 Å². The number of carbonyl (C=O) groups excluding carboxylic acids is 2. The predicted octanol–water partition coefficient (Wildman–Crippen LogP) is -0.663. The summed E-state index contributed by atoms with van der Waals surface area (Å²) < 4.78 is 5.08. The number of carbonyl (C=O) groups is 2. The van der Waals surface area contributed by atoms with Gasteiger partial charge in [0.15, 0.2) is 11.7 Å². The zero-order valence-corrected chi connectivity index (χ0v) is 9.73. The Balaban J connectivity index is 1.71. The van der Waals surface area contributed by atoms with Crippen molar-refractivity contribution in [1.82, 2.24) is 15.6 Å². The first-order valence-corrected chi connectivity index (χ1v) is 5.92. The number of aromatic nitrogens is 1. The number of hydrogen-bond donors (Lipinski definition) is 3. The van der Waals surface area contributed by atoms with E-state index in [-0.39, 0.29) is 24.1 Å². The predicted molar refractivity (Wildman–Crippen MR) is 61.3 cm³/mol. The van der Waals surface area contributed by atoms with E-state index in [4.69, 9.17) is 10.2 Å². The van der Waals surface area contributed by atoms with Gasteiger partial charge in [-0.25, -0.2) is 0 Å². The lowest BCUT2D eigenvalue weighted by Gasteiger charge is -2.45. The van der Waals surface area contributed by atoms with Crippen molar-refractivity contribution in [1.29, 1.82) is 0 Å². The summed E-state index contributed by atoms with van der Waals surface area (Å²) in [5.41, 5.74) is 4.76. The maximum Gasteiger partial charge on any atom is 0.246 e. The van der Waals surface area contributed by atoms with E-state index in [1.165, 1.54) is 6.26 Å². The quantitative estimate of drug-likeness (QED) is 0.645. The van der Waals surface area contributed by atoms with Crippen molar-refractivity contribution in [3.63, 3.8) is 0 Å². The summed E-state index contributed by atoms with van der Waals surface area (Å²) in [4.78, 5) is 27.8. The number of rotatable bonds is 2. The lowest BCUT2D eigenvalue weighted by atomic mass is 9.74. The largest absolute Gasteiger partial charge is 0.447 e. The van der Waals surface area contributed by atoms with E-state index in [1.54, 1.807) is 0 Å². The number of nitrogen functional groups attached to an aromatic ring is 1. The van der Waals surface area contributed by atoms with E-state index >= 15 is 0 Å². The Morgan fingerprint density at radius 3 is 2.83 bits per heavy atom. The topological polar surface area (TPSA) is 110 Å². The molecule has 2 heterocycles. The Morgan fingerprint density at radius 1 is 1.50 bits per heavy atom. The molecule has 3 rings (SSSR count). The molecule has 1 aliphatic heterocycles. The highest BCUT2D eigenvalue weighted by atomic mass is 16.3. The molecule has 7 heteroatoms. The molecule has 18 heavy (non-hydrogen) atoms. The van der Waals surface area contributed by atoms with Crippen LogP contribution < -0.4 is 16.4 Å². The molecule has 0 aromatic carbocycles. The Hall–Kier alpha value is -2.05. The zero-order valence-electron chi connectivity index (χ0n) is 9.73. The van der Waals surface area contributed by atoms with Gasteiger partial charge in [0.2, 0.25) is 11.8 Å². The molecule has 7 nitrogen and oxygen atoms in total. The zero-order chi connectivity index (χ0) is 12.8. The van der Waals surface area contributed by atoms with Crippen molar-refractivity contribution in [3.05, 3.63) is 12.2 Å². The highest BCUT2D eigenvalue weighted by Gasteiger charge is 2.50. The van der Waals surface area contributed by atoms with Crippen LogP contribution in [0.5, 0.6) is 0 Å². The van der Waals surface area contributed by atoms with E-state index in [0.29, 0.717) is 18.7 Å². The molecular weight excluding hydrogens is 236 g/mol. The molecule has 1 aromatic heterocycles. The van der Waals surface area contributed by atoms with E-state index in [9.17, 15) is 9.59 Å². The number of amides is 2. The molecule has 1 unspecified atom stereocenters. The van der Waals surface area contributed by atoms with Gasteiger partial charge in [-0.15, -0.1) is 0 Å². The van der Waals surface area contributed by atoms with Crippen LogP contribution in [-0.2, 0) is 16.0 Å². The Morgan fingerprint density at radius 2 is 2.28 bits per heavy atom. The van der Waals surface area contributed by atoms with Crippen LogP contribution in [0.2, 0.25) is 0 Å². The summed E-state index contributed by atoms with van der Waals surface area (Å²) in [7, 11) is 0. The monoisotopic (exact) mass is 250 g/mol. The van der Waals surface area contributed by atoms with Gasteiger partial charge in [0.05, 0.1) is 6.42 Å². The van der Waals surface area contributed by atoms with Crippen LogP contribution in [0.4, 0.5) is 5.82 Å². The fourth-order valence-corrected chi connectivity index (χ4v) is 2.36. The van der Waals surface area contributed by atoms with Crippen LogP contribution in [0.1, 0.15) is 25.2 Å². The van der Waals surface area contributed by atoms with Crippen LogP contribution in [0.3, 0.4) is 0 Å². The highest BCUT2D eigenvalue weighted by Crippen LogP contribution is 2.33. The smallest absolute Gasteiger partial charge is 0.246 e. The van der Waals surface area contributed by atoms with Gasteiger partial charge in [-0.2, -0.15) is 4.98 Å². The van der Waals surface area contributed by atoms with Gasteiger partial charge in [-0.1, -0.05) is 0 Å².